The summed E-state index contributed by atoms with van der Waals surface area (Å²) in [6, 6.07) is 6.49. The highest BCUT2D eigenvalue weighted by atomic mass is 79.9. The van der Waals surface area contributed by atoms with Crippen LogP contribution in [0.15, 0.2) is 24.3 Å². The van der Waals surface area contributed by atoms with Crippen LogP contribution in [-0.4, -0.2) is 41.3 Å². The Bertz CT molecular complexity index is 448. The molecule has 0 aliphatic carbocycles. The van der Waals surface area contributed by atoms with E-state index in [1.807, 2.05) is 18.7 Å². The maximum atomic E-state index is 12.9. The van der Waals surface area contributed by atoms with E-state index >= 15 is 0 Å². The number of amides is 1. The lowest BCUT2D eigenvalue weighted by Gasteiger charge is -2.38. The first-order valence-corrected chi connectivity index (χ1v) is 7.16. The van der Waals surface area contributed by atoms with Gasteiger partial charge in [-0.1, -0.05) is 15.9 Å². The van der Waals surface area contributed by atoms with Crippen LogP contribution in [0.1, 0.15) is 13.8 Å². The van der Waals surface area contributed by atoms with Gasteiger partial charge in [-0.3, -0.25) is 4.79 Å². The van der Waals surface area contributed by atoms with Gasteiger partial charge in [0.1, 0.15) is 5.82 Å². The number of rotatable bonds is 2. The molecular weight excluding hydrogens is 311 g/mol. The van der Waals surface area contributed by atoms with Crippen molar-refractivity contribution < 1.29 is 9.18 Å². The van der Waals surface area contributed by atoms with Gasteiger partial charge >= 0.3 is 0 Å². The third-order valence-corrected chi connectivity index (χ3v) is 3.61. The lowest BCUT2D eigenvalue weighted by atomic mass is 10.1. The minimum atomic E-state index is -0.509. The first-order chi connectivity index (χ1) is 8.88. The molecule has 0 bridgehead atoms. The van der Waals surface area contributed by atoms with Gasteiger partial charge in [0.05, 0.1) is 4.32 Å². The Labute approximate surface area is 121 Å². The molecule has 0 aromatic heterocycles. The Morgan fingerprint density at radius 2 is 1.68 bits per heavy atom. The molecule has 104 valence electrons. The maximum absolute atomic E-state index is 12.9. The Hall–Kier alpha value is -1.10. The minimum absolute atomic E-state index is 0.117. The zero-order valence-corrected chi connectivity index (χ0v) is 12.8. The summed E-state index contributed by atoms with van der Waals surface area (Å²) in [5, 5.41) is 0. The topological polar surface area (TPSA) is 23.6 Å². The van der Waals surface area contributed by atoms with E-state index in [-0.39, 0.29) is 11.7 Å². The predicted octanol–water partition coefficient (Wildman–Crippen LogP) is 2.65. The van der Waals surface area contributed by atoms with Crippen molar-refractivity contribution in [3.8, 4) is 0 Å². The van der Waals surface area contributed by atoms with E-state index in [0.29, 0.717) is 13.1 Å². The number of halogens is 2. The molecule has 1 aromatic rings. The average molecular weight is 329 g/mol. The van der Waals surface area contributed by atoms with Gasteiger partial charge in [-0.2, -0.15) is 0 Å². The van der Waals surface area contributed by atoms with E-state index in [1.54, 1.807) is 12.1 Å². The Balaban J connectivity index is 1.96. The number of carbonyl (C=O) groups excluding carboxylic acids is 1. The standard InChI is InChI=1S/C14H18BrFN2O/c1-14(2,15)13(19)18-9-7-17(8-10-18)12-5-3-11(16)4-6-12/h3-6H,7-10H2,1-2H3. The monoisotopic (exact) mass is 328 g/mol. The highest BCUT2D eigenvalue weighted by Crippen LogP contribution is 2.22. The lowest BCUT2D eigenvalue weighted by Crippen LogP contribution is -2.52. The van der Waals surface area contributed by atoms with Gasteiger partial charge in [-0.15, -0.1) is 0 Å². The highest BCUT2D eigenvalue weighted by Gasteiger charge is 2.31. The molecule has 19 heavy (non-hydrogen) atoms. The van der Waals surface area contributed by atoms with Crippen LogP contribution in [0.25, 0.3) is 0 Å². The molecule has 1 fully saturated rings. The second-order valence-electron chi connectivity index (χ2n) is 5.23. The van der Waals surface area contributed by atoms with E-state index in [9.17, 15) is 9.18 Å². The van der Waals surface area contributed by atoms with E-state index in [0.717, 1.165) is 18.8 Å². The van der Waals surface area contributed by atoms with E-state index < -0.39 is 4.32 Å². The summed E-state index contributed by atoms with van der Waals surface area (Å²) in [6.07, 6.45) is 0. The van der Waals surface area contributed by atoms with Crippen LogP contribution in [0, 0.1) is 5.82 Å². The van der Waals surface area contributed by atoms with Crippen molar-refractivity contribution in [1.29, 1.82) is 0 Å². The third-order valence-electron chi connectivity index (χ3n) is 3.27. The molecular formula is C14H18BrFN2O. The second kappa shape index (κ2) is 5.49. The summed E-state index contributed by atoms with van der Waals surface area (Å²) >= 11 is 3.40. The lowest BCUT2D eigenvalue weighted by molar-refractivity contribution is -0.133. The van der Waals surface area contributed by atoms with Gasteiger partial charge in [0.2, 0.25) is 5.91 Å². The molecule has 1 aliphatic heterocycles. The van der Waals surface area contributed by atoms with Gasteiger partial charge in [0, 0.05) is 31.9 Å². The Kier molecular flexibility index (Phi) is 4.13. The molecule has 0 spiro atoms. The molecule has 1 heterocycles. The van der Waals surface area contributed by atoms with Gasteiger partial charge in [0.15, 0.2) is 0 Å². The molecule has 3 nitrogen and oxygen atoms in total. The quantitative estimate of drug-likeness (QED) is 0.779. The number of anilines is 1. The van der Waals surface area contributed by atoms with Gasteiger partial charge in [-0.05, 0) is 38.1 Å². The number of piperazine rings is 1. The van der Waals surface area contributed by atoms with Crippen molar-refractivity contribution in [2.24, 2.45) is 0 Å². The summed E-state index contributed by atoms with van der Waals surface area (Å²) in [4.78, 5) is 16.2. The largest absolute Gasteiger partial charge is 0.368 e. The SMILES string of the molecule is CC(C)(Br)C(=O)N1CCN(c2ccc(F)cc2)CC1. The predicted molar refractivity (Wildman–Crippen MR) is 78.2 cm³/mol. The first kappa shape index (κ1) is 14.3. The number of nitrogens with zero attached hydrogens (tertiary/aromatic N) is 2. The smallest absolute Gasteiger partial charge is 0.239 e. The molecule has 0 N–H and O–H groups in total. The summed E-state index contributed by atoms with van der Waals surface area (Å²) in [6.45, 7) is 6.68. The van der Waals surface area contributed by atoms with Crippen LogP contribution in [0.5, 0.6) is 0 Å². The van der Waals surface area contributed by atoms with Crippen LogP contribution in [0.4, 0.5) is 10.1 Å². The van der Waals surface area contributed by atoms with Crippen molar-refractivity contribution in [3.63, 3.8) is 0 Å². The van der Waals surface area contributed by atoms with Crippen LogP contribution in [0.2, 0.25) is 0 Å². The van der Waals surface area contributed by atoms with E-state index in [4.69, 9.17) is 0 Å². The summed E-state index contributed by atoms with van der Waals surface area (Å²) < 4.78 is 12.4. The summed E-state index contributed by atoms with van der Waals surface area (Å²) in [7, 11) is 0. The van der Waals surface area contributed by atoms with Crippen LogP contribution in [-0.2, 0) is 4.79 Å². The number of carbonyl (C=O) groups is 1. The fourth-order valence-electron chi connectivity index (χ4n) is 2.20. The maximum Gasteiger partial charge on any atom is 0.239 e. The van der Waals surface area contributed by atoms with Crippen LogP contribution in [0.3, 0.4) is 0 Å². The van der Waals surface area contributed by atoms with E-state index in [1.165, 1.54) is 12.1 Å². The average Bonchev–Trinajstić information content (AvgIpc) is 2.38. The molecule has 1 saturated heterocycles. The minimum Gasteiger partial charge on any atom is -0.368 e. The van der Waals surface area contributed by atoms with Crippen LogP contribution >= 0.6 is 15.9 Å². The molecule has 1 aromatic carbocycles. The van der Waals surface area contributed by atoms with Crippen molar-refractivity contribution >= 4 is 27.5 Å². The molecule has 0 radical (unpaired) electrons. The molecule has 0 atom stereocenters. The zero-order chi connectivity index (χ0) is 14.0. The van der Waals surface area contributed by atoms with Crippen molar-refractivity contribution in [1.82, 2.24) is 4.90 Å². The number of hydrogen-bond donors (Lipinski definition) is 0. The summed E-state index contributed by atoms with van der Waals surface area (Å²) in [5.74, 6) is -0.107. The third kappa shape index (κ3) is 3.47. The van der Waals surface area contributed by atoms with E-state index in [2.05, 4.69) is 20.8 Å². The Morgan fingerprint density at radius 3 is 2.16 bits per heavy atom. The van der Waals surface area contributed by atoms with Crippen molar-refractivity contribution in [3.05, 3.63) is 30.1 Å². The Morgan fingerprint density at radius 1 is 1.16 bits per heavy atom. The normalized spacial score (nSPS) is 16.6. The molecule has 2 rings (SSSR count). The molecule has 5 heteroatoms. The molecule has 1 amide bonds. The summed E-state index contributed by atoms with van der Waals surface area (Å²) in [5.41, 5.74) is 1.01. The van der Waals surface area contributed by atoms with Gasteiger partial charge in [-0.25, -0.2) is 4.39 Å². The molecule has 1 aliphatic rings. The second-order valence-corrected chi connectivity index (χ2v) is 7.21. The highest BCUT2D eigenvalue weighted by molar-refractivity contribution is 9.10. The number of benzene rings is 1. The van der Waals surface area contributed by atoms with Crippen LogP contribution < -0.4 is 4.90 Å². The number of alkyl halides is 1. The fraction of sp³-hybridized carbons (Fsp3) is 0.500. The fourth-order valence-corrected chi connectivity index (χ4v) is 2.45. The molecule has 0 unspecified atom stereocenters. The molecule has 0 saturated carbocycles. The van der Waals surface area contributed by atoms with Gasteiger partial charge in [0.25, 0.3) is 0 Å². The first-order valence-electron chi connectivity index (χ1n) is 6.37. The number of hydrogen-bond acceptors (Lipinski definition) is 2. The zero-order valence-electron chi connectivity index (χ0n) is 11.2. The van der Waals surface area contributed by atoms with Gasteiger partial charge < -0.3 is 9.80 Å². The van der Waals surface area contributed by atoms with Crippen molar-refractivity contribution in [2.75, 3.05) is 31.1 Å². The van der Waals surface area contributed by atoms with Crippen molar-refractivity contribution in [2.45, 2.75) is 18.2 Å².